The molecule has 1 atom stereocenters. The third-order valence-electron chi connectivity index (χ3n) is 3.20. The Kier molecular flexibility index (Phi) is 3.50. The zero-order valence-electron chi connectivity index (χ0n) is 10.9. The highest BCUT2D eigenvalue weighted by atomic mass is 16.5. The normalized spacial score (nSPS) is 16.7. The second kappa shape index (κ2) is 5.61. The predicted molar refractivity (Wildman–Crippen MR) is 75.7 cm³/mol. The van der Waals surface area contributed by atoms with Gasteiger partial charge in [0, 0.05) is 30.1 Å². The fourth-order valence-corrected chi connectivity index (χ4v) is 2.25. The Morgan fingerprint density at radius 1 is 1.20 bits per heavy atom. The van der Waals surface area contributed by atoms with E-state index in [-0.39, 0.29) is 12.1 Å². The number of carbonyl (C=O) groups is 1. The molecular weight excluding hydrogens is 254 g/mol. The standard InChI is InChI=1S/C15H15N3O2/c19-15(17-11-5-8-16-9-6-11)18-13-7-10-20-14-4-2-1-3-12(13)14/h1-6,8-9,13H,7,10H2,(H2,16,17,18,19)/t13-/m0/s1. The lowest BCUT2D eigenvalue weighted by atomic mass is 10.0. The van der Waals surface area contributed by atoms with Crippen molar-refractivity contribution in [2.24, 2.45) is 0 Å². The molecule has 0 saturated heterocycles. The van der Waals surface area contributed by atoms with Gasteiger partial charge in [0.1, 0.15) is 5.75 Å². The summed E-state index contributed by atoms with van der Waals surface area (Å²) in [6, 6.07) is 11.0. The minimum atomic E-state index is -0.224. The first-order chi connectivity index (χ1) is 9.83. The fourth-order valence-electron chi connectivity index (χ4n) is 2.25. The number of para-hydroxylation sites is 1. The van der Waals surface area contributed by atoms with Crippen LogP contribution in [0.5, 0.6) is 5.75 Å². The number of fused-ring (bicyclic) bond motifs is 1. The molecule has 20 heavy (non-hydrogen) atoms. The van der Waals surface area contributed by atoms with Gasteiger partial charge in [-0.3, -0.25) is 4.98 Å². The van der Waals surface area contributed by atoms with Gasteiger partial charge < -0.3 is 15.4 Å². The van der Waals surface area contributed by atoms with Gasteiger partial charge in [0.15, 0.2) is 0 Å². The Hall–Kier alpha value is -2.56. The lowest BCUT2D eigenvalue weighted by Gasteiger charge is -2.26. The van der Waals surface area contributed by atoms with E-state index in [0.29, 0.717) is 6.61 Å². The Labute approximate surface area is 117 Å². The number of carbonyl (C=O) groups excluding carboxylic acids is 1. The van der Waals surface area contributed by atoms with Crippen molar-refractivity contribution >= 4 is 11.7 Å². The number of nitrogens with zero attached hydrogens (tertiary/aromatic N) is 1. The summed E-state index contributed by atoms with van der Waals surface area (Å²) in [5.41, 5.74) is 1.74. The van der Waals surface area contributed by atoms with E-state index in [9.17, 15) is 4.79 Å². The molecule has 102 valence electrons. The maximum Gasteiger partial charge on any atom is 0.319 e. The van der Waals surface area contributed by atoms with Crippen molar-refractivity contribution in [3.63, 3.8) is 0 Å². The molecule has 3 rings (SSSR count). The summed E-state index contributed by atoms with van der Waals surface area (Å²) in [4.78, 5) is 15.9. The molecule has 0 unspecified atom stereocenters. The Bertz CT molecular complexity index is 601. The number of anilines is 1. The average Bonchev–Trinajstić information content (AvgIpc) is 2.48. The Balaban J connectivity index is 1.68. The third kappa shape index (κ3) is 2.71. The maximum absolute atomic E-state index is 12.0. The van der Waals surface area contributed by atoms with Crippen molar-refractivity contribution in [1.29, 1.82) is 0 Å². The van der Waals surface area contributed by atoms with Gasteiger partial charge in [-0.25, -0.2) is 4.79 Å². The van der Waals surface area contributed by atoms with E-state index in [4.69, 9.17) is 4.74 Å². The van der Waals surface area contributed by atoms with Gasteiger partial charge in [0.05, 0.1) is 12.6 Å². The van der Waals surface area contributed by atoms with Crippen molar-refractivity contribution in [1.82, 2.24) is 10.3 Å². The van der Waals surface area contributed by atoms with Gasteiger partial charge >= 0.3 is 6.03 Å². The monoisotopic (exact) mass is 269 g/mol. The van der Waals surface area contributed by atoms with Crippen molar-refractivity contribution in [3.05, 3.63) is 54.4 Å². The number of urea groups is 1. The third-order valence-corrected chi connectivity index (χ3v) is 3.20. The summed E-state index contributed by atoms with van der Waals surface area (Å²) in [7, 11) is 0. The molecular formula is C15H15N3O2. The van der Waals surface area contributed by atoms with Crippen LogP contribution >= 0.6 is 0 Å². The molecule has 2 heterocycles. The lowest BCUT2D eigenvalue weighted by molar-refractivity contribution is 0.232. The molecule has 0 radical (unpaired) electrons. The quantitative estimate of drug-likeness (QED) is 0.881. The van der Waals surface area contributed by atoms with E-state index in [1.165, 1.54) is 0 Å². The largest absolute Gasteiger partial charge is 0.493 e. The van der Waals surface area contributed by atoms with Crippen molar-refractivity contribution in [3.8, 4) is 5.75 Å². The molecule has 0 spiro atoms. The predicted octanol–water partition coefficient (Wildman–Crippen LogP) is 2.73. The van der Waals surface area contributed by atoms with Crippen LogP contribution in [0.2, 0.25) is 0 Å². The van der Waals surface area contributed by atoms with Crippen molar-refractivity contribution in [2.75, 3.05) is 11.9 Å². The number of amides is 2. The minimum Gasteiger partial charge on any atom is -0.493 e. The zero-order valence-corrected chi connectivity index (χ0v) is 10.9. The SMILES string of the molecule is O=C(Nc1ccncc1)N[C@H]1CCOc2ccccc21. The number of rotatable bonds is 2. The van der Waals surface area contributed by atoms with E-state index < -0.39 is 0 Å². The fraction of sp³-hybridized carbons (Fsp3) is 0.200. The van der Waals surface area contributed by atoms with Gasteiger partial charge in [-0.05, 0) is 18.2 Å². The van der Waals surface area contributed by atoms with Crippen LogP contribution in [-0.4, -0.2) is 17.6 Å². The van der Waals surface area contributed by atoms with Gasteiger partial charge in [-0.1, -0.05) is 18.2 Å². The highest BCUT2D eigenvalue weighted by Gasteiger charge is 2.22. The van der Waals surface area contributed by atoms with Crippen molar-refractivity contribution < 1.29 is 9.53 Å². The smallest absolute Gasteiger partial charge is 0.319 e. The molecule has 2 aromatic rings. The molecule has 5 heteroatoms. The Morgan fingerprint density at radius 3 is 2.85 bits per heavy atom. The molecule has 0 fully saturated rings. The van der Waals surface area contributed by atoms with Crippen LogP contribution in [0.1, 0.15) is 18.0 Å². The lowest BCUT2D eigenvalue weighted by Crippen LogP contribution is -2.35. The number of nitrogens with one attached hydrogen (secondary N) is 2. The summed E-state index contributed by atoms with van der Waals surface area (Å²) in [5.74, 6) is 0.841. The van der Waals surface area contributed by atoms with Gasteiger partial charge in [0.25, 0.3) is 0 Å². The molecule has 1 aliphatic rings. The van der Waals surface area contributed by atoms with Crippen LogP contribution in [0.15, 0.2) is 48.8 Å². The topological polar surface area (TPSA) is 63.2 Å². The Morgan fingerprint density at radius 2 is 2.00 bits per heavy atom. The minimum absolute atomic E-state index is 0.0261. The molecule has 1 aromatic carbocycles. The molecule has 1 aromatic heterocycles. The molecule has 0 bridgehead atoms. The molecule has 1 aliphatic heterocycles. The highest BCUT2D eigenvalue weighted by molar-refractivity contribution is 5.89. The number of ether oxygens (including phenoxy) is 1. The number of benzene rings is 1. The van der Waals surface area contributed by atoms with Crippen LogP contribution in [0, 0.1) is 0 Å². The van der Waals surface area contributed by atoms with E-state index >= 15 is 0 Å². The van der Waals surface area contributed by atoms with E-state index in [0.717, 1.165) is 23.4 Å². The number of hydrogen-bond donors (Lipinski definition) is 2. The van der Waals surface area contributed by atoms with E-state index in [1.807, 2.05) is 24.3 Å². The molecule has 0 saturated carbocycles. The van der Waals surface area contributed by atoms with Gasteiger partial charge in [0.2, 0.25) is 0 Å². The second-order valence-corrected chi connectivity index (χ2v) is 4.56. The summed E-state index contributed by atoms with van der Waals surface area (Å²) in [6.07, 6.45) is 4.04. The van der Waals surface area contributed by atoms with Crippen LogP contribution in [0.25, 0.3) is 0 Å². The average molecular weight is 269 g/mol. The van der Waals surface area contributed by atoms with Crippen LogP contribution in [0.3, 0.4) is 0 Å². The summed E-state index contributed by atoms with van der Waals surface area (Å²) >= 11 is 0. The van der Waals surface area contributed by atoms with Gasteiger partial charge in [-0.15, -0.1) is 0 Å². The zero-order chi connectivity index (χ0) is 13.8. The summed E-state index contributed by atoms with van der Waals surface area (Å²) < 4.78 is 5.57. The number of aromatic nitrogens is 1. The van der Waals surface area contributed by atoms with E-state index in [1.54, 1.807) is 24.5 Å². The summed E-state index contributed by atoms with van der Waals surface area (Å²) in [5, 5.41) is 5.76. The van der Waals surface area contributed by atoms with Gasteiger partial charge in [-0.2, -0.15) is 0 Å². The van der Waals surface area contributed by atoms with E-state index in [2.05, 4.69) is 15.6 Å². The second-order valence-electron chi connectivity index (χ2n) is 4.56. The van der Waals surface area contributed by atoms with Crippen LogP contribution < -0.4 is 15.4 Å². The molecule has 2 N–H and O–H groups in total. The highest BCUT2D eigenvalue weighted by Crippen LogP contribution is 2.31. The maximum atomic E-state index is 12.0. The van der Waals surface area contributed by atoms with Crippen LogP contribution in [0.4, 0.5) is 10.5 Å². The summed E-state index contributed by atoms with van der Waals surface area (Å²) in [6.45, 7) is 0.608. The first-order valence-corrected chi connectivity index (χ1v) is 6.52. The number of hydrogen-bond acceptors (Lipinski definition) is 3. The van der Waals surface area contributed by atoms with Crippen molar-refractivity contribution in [2.45, 2.75) is 12.5 Å². The number of pyridine rings is 1. The molecule has 5 nitrogen and oxygen atoms in total. The molecule has 2 amide bonds. The molecule has 0 aliphatic carbocycles. The first-order valence-electron chi connectivity index (χ1n) is 6.52. The first kappa shape index (κ1) is 12.5. The van der Waals surface area contributed by atoms with Crippen LogP contribution in [-0.2, 0) is 0 Å².